The van der Waals surface area contributed by atoms with E-state index in [0.717, 1.165) is 30.2 Å². The van der Waals surface area contributed by atoms with Crippen LogP contribution < -0.4 is 9.47 Å². The van der Waals surface area contributed by atoms with E-state index in [9.17, 15) is 0 Å². The number of imidazole rings is 1. The number of rotatable bonds is 7. The number of nitrogens with zero attached hydrogens (tertiary/aromatic N) is 2. The van der Waals surface area contributed by atoms with Gasteiger partial charge in [0.05, 0.1) is 20.5 Å². The zero-order chi connectivity index (χ0) is 17.6. The van der Waals surface area contributed by atoms with Crippen molar-refractivity contribution in [2.24, 2.45) is 0 Å². The van der Waals surface area contributed by atoms with Crippen molar-refractivity contribution in [2.45, 2.75) is 18.9 Å². The Bertz CT molecular complexity index is 809. The van der Waals surface area contributed by atoms with E-state index >= 15 is 0 Å². The largest absolute Gasteiger partial charge is 0.497 e. The van der Waals surface area contributed by atoms with E-state index in [1.54, 1.807) is 14.2 Å². The molecular formula is C21H23N2O2. The Morgan fingerprint density at radius 1 is 1.04 bits per heavy atom. The third-order valence-corrected chi connectivity index (χ3v) is 4.40. The molecule has 0 spiro atoms. The predicted molar refractivity (Wildman–Crippen MR) is 99.1 cm³/mol. The molecule has 1 unspecified atom stereocenters. The Morgan fingerprint density at radius 3 is 2.48 bits per heavy atom. The summed E-state index contributed by atoms with van der Waals surface area (Å²) in [6.45, 7) is 4.91. The van der Waals surface area contributed by atoms with Gasteiger partial charge in [0, 0.05) is 24.4 Å². The fraction of sp³-hybridized carbons (Fsp3) is 0.238. The van der Waals surface area contributed by atoms with Crippen LogP contribution in [0.25, 0.3) is 0 Å². The van der Waals surface area contributed by atoms with E-state index in [2.05, 4.69) is 40.7 Å². The molecule has 4 nitrogen and oxygen atoms in total. The minimum atomic E-state index is 0.177. The fourth-order valence-electron chi connectivity index (χ4n) is 3.02. The van der Waals surface area contributed by atoms with E-state index < -0.39 is 0 Å². The van der Waals surface area contributed by atoms with E-state index in [-0.39, 0.29) is 5.92 Å². The number of hydrogen-bond donors (Lipinski definition) is 0. The molecule has 0 aliphatic rings. The summed E-state index contributed by atoms with van der Waals surface area (Å²) in [7, 11) is 3.36. The average molecular weight is 335 g/mol. The molecule has 0 bridgehead atoms. The van der Waals surface area contributed by atoms with Crippen molar-refractivity contribution < 1.29 is 9.47 Å². The van der Waals surface area contributed by atoms with Crippen molar-refractivity contribution in [3.63, 3.8) is 0 Å². The number of hydrogen-bond acceptors (Lipinski definition) is 3. The van der Waals surface area contributed by atoms with Gasteiger partial charge in [-0.15, -0.1) is 0 Å². The highest BCUT2D eigenvalue weighted by molar-refractivity contribution is 5.35. The molecule has 2 aromatic carbocycles. The van der Waals surface area contributed by atoms with Crippen molar-refractivity contribution in [2.75, 3.05) is 14.2 Å². The Hall–Kier alpha value is -2.75. The summed E-state index contributed by atoms with van der Waals surface area (Å²) in [6.07, 6.45) is 4.56. The van der Waals surface area contributed by atoms with Crippen molar-refractivity contribution >= 4 is 0 Å². The number of ether oxygens (including phenoxy) is 2. The zero-order valence-corrected chi connectivity index (χ0v) is 14.7. The molecule has 0 N–H and O–H groups in total. The van der Waals surface area contributed by atoms with Gasteiger partial charge in [-0.3, -0.25) is 0 Å². The van der Waals surface area contributed by atoms with Crippen molar-refractivity contribution in [3.8, 4) is 11.5 Å². The van der Waals surface area contributed by atoms with Gasteiger partial charge in [-0.05, 0) is 41.8 Å². The summed E-state index contributed by atoms with van der Waals surface area (Å²) in [4.78, 5) is 4.37. The van der Waals surface area contributed by atoms with Gasteiger partial charge in [0.25, 0.3) is 0 Å². The summed E-state index contributed by atoms with van der Waals surface area (Å²) < 4.78 is 12.8. The SMILES string of the molecule is [CH2]CC(c1cccc(OC)c1)c1cncn1Cc1ccc(OC)cc1. The first-order valence-electron chi connectivity index (χ1n) is 8.31. The van der Waals surface area contributed by atoms with Crippen molar-refractivity contribution in [3.05, 3.63) is 84.8 Å². The number of methoxy groups -OCH3 is 2. The van der Waals surface area contributed by atoms with Crippen LogP contribution in [0.3, 0.4) is 0 Å². The Kier molecular flexibility index (Phi) is 5.39. The normalized spacial score (nSPS) is 12.0. The molecule has 0 amide bonds. The molecule has 0 saturated carbocycles. The lowest BCUT2D eigenvalue weighted by Crippen LogP contribution is -2.09. The molecule has 1 atom stereocenters. The highest BCUT2D eigenvalue weighted by Crippen LogP contribution is 2.30. The van der Waals surface area contributed by atoms with Gasteiger partial charge in [-0.1, -0.05) is 31.2 Å². The van der Waals surface area contributed by atoms with Gasteiger partial charge in [-0.2, -0.15) is 0 Å². The standard InChI is InChI=1S/C21H23N2O2/c1-4-20(17-6-5-7-19(12-17)25-3)21-13-22-15-23(21)14-16-8-10-18(24-2)11-9-16/h5-13,15,20H,1,4,14H2,2-3H3. The van der Waals surface area contributed by atoms with Crippen LogP contribution in [-0.2, 0) is 6.54 Å². The third-order valence-electron chi connectivity index (χ3n) is 4.40. The lowest BCUT2D eigenvalue weighted by molar-refractivity contribution is 0.414. The lowest BCUT2D eigenvalue weighted by atomic mass is 9.93. The molecule has 0 aliphatic carbocycles. The molecule has 1 radical (unpaired) electrons. The maximum atomic E-state index is 5.36. The van der Waals surface area contributed by atoms with Crippen LogP contribution in [-0.4, -0.2) is 23.8 Å². The highest BCUT2D eigenvalue weighted by atomic mass is 16.5. The van der Waals surface area contributed by atoms with Crippen molar-refractivity contribution in [1.29, 1.82) is 0 Å². The van der Waals surface area contributed by atoms with Gasteiger partial charge < -0.3 is 14.0 Å². The first-order valence-corrected chi connectivity index (χ1v) is 8.31. The van der Waals surface area contributed by atoms with E-state index in [1.165, 1.54) is 11.1 Å². The average Bonchev–Trinajstić information content (AvgIpc) is 3.11. The predicted octanol–water partition coefficient (Wildman–Crippen LogP) is 4.30. The van der Waals surface area contributed by atoms with E-state index in [0.29, 0.717) is 0 Å². The van der Waals surface area contributed by atoms with Gasteiger partial charge in [-0.25, -0.2) is 4.98 Å². The van der Waals surface area contributed by atoms with Gasteiger partial charge in [0.1, 0.15) is 11.5 Å². The summed E-state index contributed by atoms with van der Waals surface area (Å²) in [6, 6.07) is 16.3. The van der Waals surface area contributed by atoms with Crippen LogP contribution in [0.4, 0.5) is 0 Å². The smallest absolute Gasteiger partial charge is 0.119 e. The second-order valence-corrected chi connectivity index (χ2v) is 5.91. The summed E-state index contributed by atoms with van der Waals surface area (Å²) >= 11 is 0. The topological polar surface area (TPSA) is 36.3 Å². The minimum absolute atomic E-state index is 0.177. The molecule has 1 aromatic heterocycles. The quantitative estimate of drug-likeness (QED) is 0.646. The molecule has 0 fully saturated rings. The molecule has 25 heavy (non-hydrogen) atoms. The molecule has 0 saturated heterocycles. The first-order chi connectivity index (χ1) is 12.2. The maximum Gasteiger partial charge on any atom is 0.119 e. The number of aromatic nitrogens is 2. The minimum Gasteiger partial charge on any atom is -0.497 e. The monoisotopic (exact) mass is 335 g/mol. The molecule has 3 rings (SSSR count). The molecule has 4 heteroatoms. The summed E-state index contributed by atoms with van der Waals surface area (Å²) in [5.41, 5.74) is 3.54. The second-order valence-electron chi connectivity index (χ2n) is 5.91. The van der Waals surface area contributed by atoms with Gasteiger partial charge in [0.15, 0.2) is 0 Å². The molecular weight excluding hydrogens is 312 g/mol. The summed E-state index contributed by atoms with van der Waals surface area (Å²) in [5.74, 6) is 1.90. The Morgan fingerprint density at radius 2 is 1.80 bits per heavy atom. The Labute approximate surface area is 149 Å². The highest BCUT2D eigenvalue weighted by Gasteiger charge is 2.17. The van der Waals surface area contributed by atoms with Crippen molar-refractivity contribution in [1.82, 2.24) is 9.55 Å². The fourth-order valence-corrected chi connectivity index (χ4v) is 3.02. The van der Waals surface area contributed by atoms with E-state index in [4.69, 9.17) is 9.47 Å². The van der Waals surface area contributed by atoms with E-state index in [1.807, 2.05) is 36.8 Å². The molecule has 0 aliphatic heterocycles. The van der Waals surface area contributed by atoms with Gasteiger partial charge >= 0.3 is 0 Å². The van der Waals surface area contributed by atoms with Crippen LogP contribution in [0.15, 0.2) is 61.1 Å². The number of benzene rings is 2. The molecule has 1 heterocycles. The first kappa shape index (κ1) is 17.1. The second kappa shape index (κ2) is 7.88. The van der Waals surface area contributed by atoms with Crippen LogP contribution in [0, 0.1) is 6.92 Å². The molecule has 3 aromatic rings. The van der Waals surface area contributed by atoms with Crippen LogP contribution >= 0.6 is 0 Å². The lowest BCUT2D eigenvalue weighted by Gasteiger charge is -2.18. The van der Waals surface area contributed by atoms with Crippen LogP contribution in [0.1, 0.15) is 29.2 Å². The van der Waals surface area contributed by atoms with Gasteiger partial charge in [0.2, 0.25) is 0 Å². The maximum absolute atomic E-state index is 5.36. The van der Waals surface area contributed by atoms with Crippen LogP contribution in [0.2, 0.25) is 0 Å². The van der Waals surface area contributed by atoms with Crippen LogP contribution in [0.5, 0.6) is 11.5 Å². The molecule has 129 valence electrons. The summed E-state index contributed by atoms with van der Waals surface area (Å²) in [5, 5.41) is 0. The zero-order valence-electron chi connectivity index (χ0n) is 14.7. The Balaban J connectivity index is 1.87. The third kappa shape index (κ3) is 3.85.